The molecule has 17 heavy (non-hydrogen) atoms. The van der Waals surface area contributed by atoms with Gasteiger partial charge >= 0.3 is 0 Å². The molecular formula is C13H19N3S. The molecule has 2 rings (SSSR count). The Morgan fingerprint density at radius 3 is 3.00 bits per heavy atom. The van der Waals surface area contributed by atoms with Gasteiger partial charge < -0.3 is 5.32 Å². The van der Waals surface area contributed by atoms with Gasteiger partial charge in [0, 0.05) is 24.2 Å². The third-order valence-corrected chi connectivity index (χ3v) is 4.48. The van der Waals surface area contributed by atoms with Crippen molar-refractivity contribution in [2.24, 2.45) is 10.9 Å². The molecule has 0 fully saturated rings. The highest BCUT2D eigenvalue weighted by atomic mass is 32.2. The average molecular weight is 249 g/mol. The lowest BCUT2D eigenvalue weighted by atomic mass is 10.1. The van der Waals surface area contributed by atoms with Gasteiger partial charge in [-0.15, -0.1) is 0 Å². The summed E-state index contributed by atoms with van der Waals surface area (Å²) in [7, 11) is 0. The molecule has 0 aliphatic carbocycles. The Kier molecular flexibility index (Phi) is 4.05. The molecule has 0 saturated carbocycles. The van der Waals surface area contributed by atoms with Gasteiger partial charge in [0.25, 0.3) is 0 Å². The van der Waals surface area contributed by atoms with Crippen molar-refractivity contribution in [3.8, 4) is 0 Å². The number of aryl methyl sites for hydroxylation is 1. The molecule has 0 bridgehead atoms. The summed E-state index contributed by atoms with van der Waals surface area (Å²) in [5.41, 5.74) is 2.51. The van der Waals surface area contributed by atoms with Crippen LogP contribution in [0.5, 0.6) is 0 Å². The van der Waals surface area contributed by atoms with Crippen molar-refractivity contribution in [2.45, 2.75) is 32.6 Å². The van der Waals surface area contributed by atoms with Crippen molar-refractivity contribution in [1.29, 1.82) is 0 Å². The number of hydrogen-bond donors (Lipinski definition) is 1. The minimum Gasteiger partial charge on any atom is -0.361 e. The summed E-state index contributed by atoms with van der Waals surface area (Å²) in [5.74, 6) is 0.686. The van der Waals surface area contributed by atoms with Crippen LogP contribution in [0.3, 0.4) is 0 Å². The highest BCUT2D eigenvalue weighted by Crippen LogP contribution is 2.26. The lowest BCUT2D eigenvalue weighted by molar-refractivity contribution is 0.621. The van der Waals surface area contributed by atoms with Crippen LogP contribution in [0.1, 0.15) is 25.0 Å². The molecule has 0 radical (unpaired) electrons. The lowest BCUT2D eigenvalue weighted by Crippen LogP contribution is -2.20. The molecule has 1 atom stereocenters. The summed E-state index contributed by atoms with van der Waals surface area (Å²) in [5, 5.41) is 5.13. The predicted octanol–water partition coefficient (Wildman–Crippen LogP) is 2.61. The van der Waals surface area contributed by atoms with Gasteiger partial charge in [0.05, 0.1) is 6.54 Å². The SMILES string of the molecule is Cc1cnccc1CNC1=NCC(C(C)C)S1. The van der Waals surface area contributed by atoms with Crippen LogP contribution in [0.25, 0.3) is 0 Å². The fourth-order valence-electron chi connectivity index (χ4n) is 1.71. The Morgan fingerprint density at radius 1 is 1.53 bits per heavy atom. The quantitative estimate of drug-likeness (QED) is 0.894. The first-order valence-electron chi connectivity index (χ1n) is 6.01. The van der Waals surface area contributed by atoms with Gasteiger partial charge in [-0.05, 0) is 30.0 Å². The maximum atomic E-state index is 4.54. The lowest BCUT2D eigenvalue weighted by Gasteiger charge is -2.12. The van der Waals surface area contributed by atoms with E-state index in [2.05, 4.69) is 42.1 Å². The summed E-state index contributed by atoms with van der Waals surface area (Å²) < 4.78 is 0. The average Bonchev–Trinajstić information content (AvgIpc) is 2.77. The number of thioether (sulfide) groups is 1. The van der Waals surface area contributed by atoms with Crippen LogP contribution in [-0.2, 0) is 6.54 Å². The number of nitrogens with one attached hydrogen (secondary N) is 1. The van der Waals surface area contributed by atoms with Gasteiger partial charge in [-0.25, -0.2) is 0 Å². The van der Waals surface area contributed by atoms with Crippen LogP contribution in [-0.4, -0.2) is 21.9 Å². The van der Waals surface area contributed by atoms with Gasteiger partial charge in [0.2, 0.25) is 0 Å². The number of aromatic nitrogens is 1. The van der Waals surface area contributed by atoms with Crippen molar-refractivity contribution in [2.75, 3.05) is 6.54 Å². The van der Waals surface area contributed by atoms with Gasteiger partial charge in [-0.2, -0.15) is 0 Å². The molecule has 4 heteroatoms. The normalized spacial score (nSPS) is 19.5. The maximum absolute atomic E-state index is 4.54. The molecule has 0 spiro atoms. The minimum absolute atomic E-state index is 0.635. The Hall–Kier alpha value is -1.03. The second kappa shape index (κ2) is 5.54. The Labute approximate surface area is 107 Å². The van der Waals surface area contributed by atoms with E-state index >= 15 is 0 Å². The van der Waals surface area contributed by atoms with E-state index in [1.807, 2.05) is 24.2 Å². The highest BCUT2D eigenvalue weighted by molar-refractivity contribution is 8.14. The fraction of sp³-hybridized carbons (Fsp3) is 0.538. The van der Waals surface area contributed by atoms with Crippen molar-refractivity contribution in [1.82, 2.24) is 10.3 Å². The van der Waals surface area contributed by atoms with Crippen LogP contribution >= 0.6 is 11.8 Å². The number of pyridine rings is 1. The maximum Gasteiger partial charge on any atom is 0.157 e. The number of aliphatic imine (C=N–C) groups is 1. The molecule has 0 amide bonds. The topological polar surface area (TPSA) is 37.3 Å². The van der Waals surface area contributed by atoms with Crippen LogP contribution in [0, 0.1) is 12.8 Å². The first kappa shape index (κ1) is 12.4. The second-order valence-electron chi connectivity index (χ2n) is 4.70. The zero-order chi connectivity index (χ0) is 12.3. The van der Waals surface area contributed by atoms with E-state index in [1.54, 1.807) is 0 Å². The van der Waals surface area contributed by atoms with Crippen molar-refractivity contribution in [3.63, 3.8) is 0 Å². The third kappa shape index (κ3) is 3.22. The van der Waals surface area contributed by atoms with Crippen LogP contribution in [0.2, 0.25) is 0 Å². The zero-order valence-corrected chi connectivity index (χ0v) is 11.4. The highest BCUT2D eigenvalue weighted by Gasteiger charge is 2.22. The molecule has 1 aromatic heterocycles. The molecular weight excluding hydrogens is 230 g/mol. The largest absolute Gasteiger partial charge is 0.361 e. The molecule has 1 N–H and O–H groups in total. The summed E-state index contributed by atoms with van der Waals surface area (Å²) in [4.78, 5) is 8.63. The van der Waals surface area contributed by atoms with E-state index in [0.29, 0.717) is 11.2 Å². The Morgan fingerprint density at radius 2 is 2.35 bits per heavy atom. The van der Waals surface area contributed by atoms with Gasteiger partial charge in [-0.1, -0.05) is 25.6 Å². The molecule has 1 unspecified atom stereocenters. The van der Waals surface area contributed by atoms with Crippen molar-refractivity contribution >= 4 is 16.9 Å². The molecule has 1 aromatic rings. The van der Waals surface area contributed by atoms with Crippen molar-refractivity contribution < 1.29 is 0 Å². The van der Waals surface area contributed by atoms with Crippen molar-refractivity contribution in [3.05, 3.63) is 29.6 Å². The molecule has 92 valence electrons. The van der Waals surface area contributed by atoms with Crippen LogP contribution < -0.4 is 5.32 Å². The Balaban J connectivity index is 1.86. The number of nitrogens with zero attached hydrogens (tertiary/aromatic N) is 2. The standard InChI is InChI=1S/C13H19N3S/c1-9(2)12-8-16-13(17-12)15-7-11-4-5-14-6-10(11)3/h4-6,9,12H,7-8H2,1-3H3,(H,15,16). The fourth-order valence-corrected chi connectivity index (χ4v) is 2.72. The monoisotopic (exact) mass is 249 g/mol. The van der Waals surface area contributed by atoms with Crippen LogP contribution in [0.15, 0.2) is 23.5 Å². The summed E-state index contributed by atoms with van der Waals surface area (Å²) >= 11 is 1.87. The van der Waals surface area contributed by atoms with E-state index in [1.165, 1.54) is 11.1 Å². The summed E-state index contributed by atoms with van der Waals surface area (Å²) in [6, 6.07) is 2.06. The first-order chi connectivity index (χ1) is 8.16. The molecule has 1 aliphatic heterocycles. The molecule has 1 aliphatic rings. The zero-order valence-electron chi connectivity index (χ0n) is 10.6. The van der Waals surface area contributed by atoms with E-state index < -0.39 is 0 Å². The van der Waals surface area contributed by atoms with E-state index in [9.17, 15) is 0 Å². The minimum atomic E-state index is 0.635. The first-order valence-corrected chi connectivity index (χ1v) is 6.89. The Bertz CT molecular complexity index is 415. The van der Waals surface area contributed by atoms with E-state index in [-0.39, 0.29) is 0 Å². The number of amidine groups is 1. The smallest absolute Gasteiger partial charge is 0.157 e. The summed E-state index contributed by atoms with van der Waals surface area (Å²) in [6.07, 6.45) is 3.74. The number of rotatable bonds is 3. The number of hydrogen-bond acceptors (Lipinski definition) is 4. The van der Waals surface area contributed by atoms with Gasteiger partial charge in [-0.3, -0.25) is 9.98 Å². The molecule has 0 aromatic carbocycles. The van der Waals surface area contributed by atoms with E-state index in [0.717, 1.165) is 18.3 Å². The molecule has 3 nitrogen and oxygen atoms in total. The molecule has 0 saturated heterocycles. The predicted molar refractivity (Wildman–Crippen MR) is 74.3 cm³/mol. The third-order valence-electron chi connectivity index (χ3n) is 2.99. The second-order valence-corrected chi connectivity index (χ2v) is 5.93. The van der Waals surface area contributed by atoms with Gasteiger partial charge in [0.1, 0.15) is 0 Å². The van der Waals surface area contributed by atoms with Gasteiger partial charge in [0.15, 0.2) is 5.17 Å². The molecule has 2 heterocycles. The summed E-state index contributed by atoms with van der Waals surface area (Å²) in [6.45, 7) is 8.38. The van der Waals surface area contributed by atoms with E-state index in [4.69, 9.17) is 0 Å². The van der Waals surface area contributed by atoms with Crippen LogP contribution in [0.4, 0.5) is 0 Å².